The quantitative estimate of drug-likeness (QED) is 0.284. The Bertz CT molecular complexity index is 1870. The predicted molar refractivity (Wildman–Crippen MR) is 142 cm³/mol. The molecule has 0 aliphatic heterocycles. The third-order valence-corrected chi connectivity index (χ3v) is 8.78. The molecule has 0 bridgehead atoms. The number of aliphatic hydroxyl groups excluding tert-OH is 1. The Hall–Kier alpha value is -4.30. The Morgan fingerprint density at radius 1 is 1.07 bits per heavy atom. The number of nitrogens with one attached hydrogen (secondary N) is 1. The van der Waals surface area contributed by atoms with Gasteiger partial charge < -0.3 is 14.9 Å². The van der Waals surface area contributed by atoms with Crippen molar-refractivity contribution in [2.75, 3.05) is 5.32 Å². The first kappa shape index (κ1) is 26.9. The van der Waals surface area contributed by atoms with Gasteiger partial charge in [-0.3, -0.25) is 0 Å². The summed E-state index contributed by atoms with van der Waals surface area (Å²) in [6.45, 7) is 3.38. The second-order valence-corrected chi connectivity index (χ2v) is 11.6. The molecule has 4 aromatic heterocycles. The Balaban J connectivity index is 1.62. The molecule has 1 aliphatic carbocycles. The summed E-state index contributed by atoms with van der Waals surface area (Å²) in [4.78, 5) is 12.5. The first-order valence-electron chi connectivity index (χ1n) is 12.6. The van der Waals surface area contributed by atoms with E-state index < -0.39 is 39.6 Å². The van der Waals surface area contributed by atoms with E-state index in [4.69, 9.17) is 4.52 Å². The minimum atomic E-state index is -4.85. The topological polar surface area (TPSA) is 136 Å². The third kappa shape index (κ3) is 4.62. The Morgan fingerprint density at radius 3 is 2.44 bits per heavy atom. The molecule has 10 nitrogen and oxygen atoms in total. The number of nitrogens with zero attached hydrogens (tertiary/aromatic N) is 5. The molecule has 6 rings (SSSR count). The van der Waals surface area contributed by atoms with Gasteiger partial charge in [-0.1, -0.05) is 23.4 Å². The smallest absolute Gasteiger partial charge is 0.391 e. The average Bonchev–Trinajstić information content (AvgIpc) is 3.50. The number of alkyl halides is 3. The summed E-state index contributed by atoms with van der Waals surface area (Å²) in [5.74, 6) is 0.325. The Labute approximate surface area is 231 Å². The number of pyridine rings is 1. The minimum Gasteiger partial charge on any atom is -0.391 e. The van der Waals surface area contributed by atoms with Crippen LogP contribution in [0.2, 0.25) is 0 Å². The summed E-state index contributed by atoms with van der Waals surface area (Å²) < 4.78 is 76.3. The SMILES string of the molecule is Cc1noc(C)c1-c1ccc2c(-c3nc(N[C@H]4CC[C@H]4O)ncc3C(F)(F)F)cn(S(=O)(=O)c3ccccc3)c2n1. The number of halogens is 3. The van der Waals surface area contributed by atoms with Gasteiger partial charge in [0.25, 0.3) is 10.0 Å². The second-order valence-electron chi connectivity index (χ2n) is 9.77. The van der Waals surface area contributed by atoms with Crippen molar-refractivity contribution in [3.8, 4) is 22.5 Å². The molecule has 0 saturated heterocycles. The minimum absolute atomic E-state index is 0.0759. The molecule has 1 fully saturated rings. The lowest BCUT2D eigenvalue weighted by Gasteiger charge is -2.33. The molecule has 2 atom stereocenters. The molecule has 2 N–H and O–H groups in total. The molecule has 0 radical (unpaired) electrons. The zero-order chi connectivity index (χ0) is 29.1. The molecule has 0 amide bonds. The van der Waals surface area contributed by atoms with Gasteiger partial charge in [0.1, 0.15) is 11.3 Å². The number of hydrogen-bond donors (Lipinski definition) is 2. The van der Waals surface area contributed by atoms with Crippen LogP contribution in [0.15, 0.2) is 64.3 Å². The standard InChI is InChI=1S/C27H23F3N6O4S/c1-14-23(15(2)40-35-14)21-9-8-17-18(13-36(25(17)32-21)41(38,39)16-6-4-3-5-7-16)24-19(27(28,29)30)12-31-26(34-24)33-20-10-11-22(20)37/h3-9,12-13,20,22,37H,10-11H2,1-2H3,(H,31,33,34)/t20-,22+/m0/s1. The molecular weight excluding hydrogens is 561 g/mol. The first-order valence-corrected chi connectivity index (χ1v) is 14.0. The highest BCUT2D eigenvalue weighted by Crippen LogP contribution is 2.41. The van der Waals surface area contributed by atoms with Crippen molar-refractivity contribution in [2.24, 2.45) is 0 Å². The van der Waals surface area contributed by atoms with Crippen molar-refractivity contribution in [1.82, 2.24) is 24.1 Å². The van der Waals surface area contributed by atoms with Crippen LogP contribution in [-0.2, 0) is 16.2 Å². The number of anilines is 1. The normalized spacial score (nSPS) is 17.5. The van der Waals surface area contributed by atoms with Crippen molar-refractivity contribution in [3.05, 3.63) is 71.9 Å². The fourth-order valence-corrected chi connectivity index (χ4v) is 6.16. The van der Waals surface area contributed by atoms with Gasteiger partial charge in [0.15, 0.2) is 5.65 Å². The van der Waals surface area contributed by atoms with Crippen LogP contribution < -0.4 is 5.32 Å². The summed E-state index contributed by atoms with van der Waals surface area (Å²) in [6, 6.07) is 10.2. The molecule has 4 heterocycles. The summed E-state index contributed by atoms with van der Waals surface area (Å²) in [6.07, 6.45) is -2.62. The number of fused-ring (bicyclic) bond motifs is 1. The van der Waals surface area contributed by atoms with Crippen molar-refractivity contribution in [1.29, 1.82) is 0 Å². The number of aryl methyl sites for hydroxylation is 2. The van der Waals surface area contributed by atoms with Crippen LogP contribution >= 0.6 is 0 Å². The van der Waals surface area contributed by atoms with E-state index in [1.165, 1.54) is 18.2 Å². The summed E-state index contributed by atoms with van der Waals surface area (Å²) >= 11 is 0. The third-order valence-electron chi connectivity index (χ3n) is 7.11. The maximum absolute atomic E-state index is 14.2. The van der Waals surface area contributed by atoms with E-state index in [0.717, 1.165) is 10.2 Å². The zero-order valence-electron chi connectivity index (χ0n) is 21.7. The van der Waals surface area contributed by atoms with E-state index in [0.29, 0.717) is 41.8 Å². The van der Waals surface area contributed by atoms with E-state index in [1.54, 1.807) is 38.1 Å². The largest absolute Gasteiger partial charge is 0.419 e. The Morgan fingerprint density at radius 2 is 1.83 bits per heavy atom. The molecule has 5 aromatic rings. The summed E-state index contributed by atoms with van der Waals surface area (Å²) in [5, 5.41) is 16.9. The highest BCUT2D eigenvalue weighted by molar-refractivity contribution is 7.90. The molecular formula is C27H23F3N6O4S. The number of aromatic nitrogens is 5. The van der Waals surface area contributed by atoms with Gasteiger partial charge in [-0.2, -0.15) is 13.2 Å². The van der Waals surface area contributed by atoms with Crippen molar-refractivity contribution >= 4 is 27.0 Å². The molecule has 0 unspecified atom stereocenters. The molecule has 0 spiro atoms. The summed E-state index contributed by atoms with van der Waals surface area (Å²) in [5.41, 5.74) is -0.486. The molecule has 1 aliphatic rings. The second kappa shape index (κ2) is 9.66. The van der Waals surface area contributed by atoms with E-state index >= 15 is 0 Å². The zero-order valence-corrected chi connectivity index (χ0v) is 22.5. The van der Waals surface area contributed by atoms with Gasteiger partial charge in [-0.05, 0) is 51.0 Å². The van der Waals surface area contributed by atoms with Crippen LogP contribution in [0, 0.1) is 13.8 Å². The molecule has 1 aromatic carbocycles. The monoisotopic (exact) mass is 584 g/mol. The highest BCUT2D eigenvalue weighted by atomic mass is 32.2. The van der Waals surface area contributed by atoms with Crippen LogP contribution in [0.25, 0.3) is 33.5 Å². The lowest BCUT2D eigenvalue weighted by molar-refractivity contribution is -0.137. The fraction of sp³-hybridized carbons (Fsp3) is 0.259. The lowest BCUT2D eigenvalue weighted by Crippen LogP contribution is -2.43. The Kier molecular flexibility index (Phi) is 6.34. The van der Waals surface area contributed by atoms with Crippen molar-refractivity contribution in [3.63, 3.8) is 0 Å². The van der Waals surface area contributed by atoms with E-state index in [2.05, 4.69) is 25.4 Å². The lowest BCUT2D eigenvalue weighted by atomic mass is 9.89. The molecule has 41 heavy (non-hydrogen) atoms. The van der Waals surface area contributed by atoms with Gasteiger partial charge in [-0.15, -0.1) is 0 Å². The van der Waals surface area contributed by atoms with Gasteiger partial charge >= 0.3 is 6.18 Å². The fourth-order valence-electron chi connectivity index (χ4n) is 4.82. The summed E-state index contributed by atoms with van der Waals surface area (Å²) in [7, 11) is -4.30. The van der Waals surface area contributed by atoms with Gasteiger partial charge in [0, 0.05) is 23.3 Å². The number of rotatable bonds is 6. The molecule has 14 heteroatoms. The van der Waals surface area contributed by atoms with Gasteiger partial charge in [0.2, 0.25) is 5.95 Å². The maximum Gasteiger partial charge on any atom is 0.419 e. The highest BCUT2D eigenvalue weighted by Gasteiger charge is 2.38. The first-order chi connectivity index (χ1) is 19.4. The van der Waals surface area contributed by atoms with Gasteiger partial charge in [0.05, 0.1) is 39.7 Å². The number of aliphatic hydroxyl groups is 1. The van der Waals surface area contributed by atoms with Gasteiger partial charge in [-0.25, -0.2) is 27.3 Å². The van der Waals surface area contributed by atoms with E-state index in [9.17, 15) is 26.7 Å². The number of hydrogen-bond acceptors (Lipinski definition) is 9. The maximum atomic E-state index is 14.2. The van der Waals surface area contributed by atoms with Crippen molar-refractivity contribution in [2.45, 2.75) is 49.9 Å². The number of benzene rings is 1. The van der Waals surface area contributed by atoms with Crippen LogP contribution in [-0.4, -0.2) is 49.8 Å². The average molecular weight is 585 g/mol. The predicted octanol–water partition coefficient (Wildman–Crippen LogP) is 4.96. The molecule has 1 saturated carbocycles. The van der Waals surface area contributed by atoms with E-state index in [-0.39, 0.29) is 27.4 Å². The molecule has 212 valence electrons. The van der Waals surface area contributed by atoms with Crippen LogP contribution in [0.3, 0.4) is 0 Å². The van der Waals surface area contributed by atoms with Crippen molar-refractivity contribution < 1.29 is 31.2 Å². The van der Waals surface area contributed by atoms with E-state index in [1.807, 2.05) is 0 Å². The van der Waals surface area contributed by atoms with Crippen LogP contribution in [0.1, 0.15) is 29.9 Å². The van der Waals surface area contributed by atoms with Crippen LogP contribution in [0.4, 0.5) is 19.1 Å². The van der Waals surface area contributed by atoms with Crippen LogP contribution in [0.5, 0.6) is 0 Å².